The number of aryl methyl sites for hydroxylation is 15. The maximum atomic E-state index is 4.80. The first-order valence-corrected chi connectivity index (χ1v) is 28.1. The second-order valence-electron chi connectivity index (χ2n) is 22.4. The molecule has 0 atom stereocenters. The molecule has 6 nitrogen and oxygen atoms in total. The lowest BCUT2D eigenvalue weighted by Crippen LogP contribution is -1.91. The van der Waals surface area contributed by atoms with Crippen molar-refractivity contribution in [2.75, 3.05) is 0 Å². The van der Waals surface area contributed by atoms with Crippen LogP contribution in [0.5, 0.6) is 0 Å². The lowest BCUT2D eigenvalue weighted by Gasteiger charge is -2.09. The zero-order valence-electron chi connectivity index (χ0n) is 49.8. The highest BCUT2D eigenvalue weighted by molar-refractivity contribution is 5.99. The van der Waals surface area contributed by atoms with Crippen molar-refractivity contribution in [2.45, 2.75) is 104 Å². The third-order valence-electron chi connectivity index (χ3n) is 16.3. The summed E-state index contributed by atoms with van der Waals surface area (Å²) in [7, 11) is 0. The third kappa shape index (κ3) is 11.7. The minimum absolute atomic E-state index is 0.968. The zero-order chi connectivity index (χ0) is 57.4. The van der Waals surface area contributed by atoms with Crippen LogP contribution < -0.4 is 0 Å². The van der Waals surface area contributed by atoms with Crippen molar-refractivity contribution in [3.8, 4) is 0 Å². The molecule has 0 bridgehead atoms. The van der Waals surface area contributed by atoms with E-state index in [1.54, 1.807) is 6.20 Å². The Hall–Kier alpha value is -9.00. The summed E-state index contributed by atoms with van der Waals surface area (Å²) in [5.74, 6) is 0. The largest absolute Gasteiger partial charge is 0.253 e. The molecule has 0 N–H and O–H groups in total. The highest BCUT2D eigenvalue weighted by Gasteiger charge is 2.10. The highest BCUT2D eigenvalue weighted by Crippen LogP contribution is 2.30. The van der Waals surface area contributed by atoms with Gasteiger partial charge in [-0.2, -0.15) is 0 Å². The molecule has 5 heterocycles. The first-order chi connectivity index (χ1) is 38.8. The van der Waals surface area contributed by atoms with Gasteiger partial charge in [0.05, 0.1) is 60.9 Å². The van der Waals surface area contributed by atoms with Crippen molar-refractivity contribution in [1.82, 2.24) is 29.9 Å². The number of nitrogens with zero attached hydrogens (tertiary/aromatic N) is 6. The van der Waals surface area contributed by atoms with Gasteiger partial charge >= 0.3 is 0 Å². The van der Waals surface area contributed by atoms with Crippen LogP contribution in [0.15, 0.2) is 164 Å². The lowest BCUT2D eigenvalue weighted by atomic mass is 9.99. The Balaban J connectivity index is 0.000000114. The van der Waals surface area contributed by atoms with Crippen LogP contribution in [-0.2, 0) is 0 Å². The van der Waals surface area contributed by atoms with Gasteiger partial charge in [0.2, 0.25) is 0 Å². The van der Waals surface area contributed by atoms with Gasteiger partial charge in [-0.25, -0.2) is 24.9 Å². The van der Waals surface area contributed by atoms with Crippen LogP contribution >= 0.6 is 0 Å². The molecule has 0 fully saturated rings. The van der Waals surface area contributed by atoms with Crippen LogP contribution in [0.3, 0.4) is 0 Å². The van der Waals surface area contributed by atoms with E-state index in [1.807, 2.05) is 19.1 Å². The number of rotatable bonds is 0. The van der Waals surface area contributed by atoms with Gasteiger partial charge in [-0.1, -0.05) is 90.5 Å². The summed E-state index contributed by atoms with van der Waals surface area (Å²) in [6, 6.07) is 55.7. The Morgan fingerprint density at radius 2 is 0.765 bits per heavy atom. The second kappa shape index (κ2) is 23.0. The molecular formula is C75H72N6. The van der Waals surface area contributed by atoms with Crippen molar-refractivity contribution in [3.05, 3.63) is 248 Å². The summed E-state index contributed by atoms with van der Waals surface area (Å²) >= 11 is 0. The minimum atomic E-state index is 0.968. The second-order valence-corrected chi connectivity index (χ2v) is 22.4. The molecule has 0 unspecified atom stereocenters. The van der Waals surface area contributed by atoms with Crippen molar-refractivity contribution in [3.63, 3.8) is 0 Å². The number of hydrogen-bond donors (Lipinski definition) is 0. The molecule has 6 heteroatoms. The van der Waals surface area contributed by atoms with E-state index in [9.17, 15) is 0 Å². The molecule has 5 aromatic heterocycles. The van der Waals surface area contributed by atoms with E-state index in [-0.39, 0.29) is 0 Å². The monoisotopic (exact) mass is 1060 g/mol. The Morgan fingerprint density at radius 1 is 0.235 bits per heavy atom. The Morgan fingerprint density at radius 3 is 1.47 bits per heavy atom. The van der Waals surface area contributed by atoms with Gasteiger partial charge in [-0.05, 0) is 249 Å². The number of aromatic nitrogens is 6. The number of fused-ring (bicyclic) bond motifs is 9. The van der Waals surface area contributed by atoms with Gasteiger partial charge in [0.15, 0.2) is 0 Å². The van der Waals surface area contributed by atoms with Crippen molar-refractivity contribution < 1.29 is 0 Å². The third-order valence-corrected chi connectivity index (χ3v) is 16.3. The fraction of sp³-hybridized carbons (Fsp3) is 0.200. The van der Waals surface area contributed by atoms with Crippen LogP contribution in [0.25, 0.3) is 98.3 Å². The molecule has 9 aromatic carbocycles. The molecule has 0 aliphatic carbocycles. The molecule has 0 aliphatic heterocycles. The summed E-state index contributed by atoms with van der Waals surface area (Å²) in [4.78, 5) is 27.8. The number of para-hydroxylation sites is 2. The van der Waals surface area contributed by atoms with E-state index < -0.39 is 0 Å². The van der Waals surface area contributed by atoms with Crippen LogP contribution in [0, 0.1) is 104 Å². The first kappa shape index (κ1) is 55.3. The van der Waals surface area contributed by atoms with Crippen molar-refractivity contribution in [2.24, 2.45) is 0 Å². The lowest BCUT2D eigenvalue weighted by molar-refractivity contribution is 1.17. The Bertz CT molecular complexity index is 4760. The summed E-state index contributed by atoms with van der Waals surface area (Å²) in [6.45, 7) is 31.9. The molecule has 0 amide bonds. The molecular weight excluding hydrogens is 985 g/mol. The zero-order valence-corrected chi connectivity index (χ0v) is 49.8. The van der Waals surface area contributed by atoms with Crippen molar-refractivity contribution in [1.29, 1.82) is 0 Å². The molecule has 402 valence electrons. The predicted octanol–water partition coefficient (Wildman–Crippen LogP) is 19.8. The fourth-order valence-electron chi connectivity index (χ4n) is 10.6. The first-order valence-electron chi connectivity index (χ1n) is 28.1. The highest BCUT2D eigenvalue weighted by atomic mass is 14.8. The van der Waals surface area contributed by atoms with Gasteiger partial charge in [-0.3, -0.25) is 4.98 Å². The van der Waals surface area contributed by atoms with Gasteiger partial charge in [0, 0.05) is 49.3 Å². The predicted molar refractivity (Wildman–Crippen MR) is 348 cm³/mol. The number of hydrogen-bond acceptors (Lipinski definition) is 6. The van der Waals surface area contributed by atoms with Crippen LogP contribution in [0.2, 0.25) is 0 Å². The van der Waals surface area contributed by atoms with E-state index in [0.717, 1.165) is 60.9 Å². The molecule has 0 radical (unpaired) electrons. The fourth-order valence-corrected chi connectivity index (χ4v) is 10.6. The SMILES string of the molecule is Cc1cc(C)c2nc3ccccc3cc2c1C.Cc1cc2nc3ccccc3c(C)c2cc1C.Cc1ccc2cc3ccc(C)c(C)c3nc2c1.Cc1ccc2nc3c(C)c(C)ccc3cc2c1.Cc1cnc2cc(C)c(C)cc2n1. The molecule has 14 aromatic rings. The smallest absolute Gasteiger partial charge is 0.0892 e. The molecule has 81 heavy (non-hydrogen) atoms. The average molecular weight is 1060 g/mol. The topological polar surface area (TPSA) is 77.3 Å². The summed E-state index contributed by atoms with van der Waals surface area (Å²) < 4.78 is 0. The van der Waals surface area contributed by atoms with E-state index in [2.05, 4.69) is 252 Å². The molecule has 14 rings (SSSR count). The quantitative estimate of drug-likeness (QED) is 0.141. The van der Waals surface area contributed by atoms with Crippen LogP contribution in [-0.4, -0.2) is 29.9 Å². The van der Waals surface area contributed by atoms with Gasteiger partial charge in [-0.15, -0.1) is 0 Å². The molecule has 0 saturated carbocycles. The average Bonchev–Trinajstić information content (AvgIpc) is 3.49. The summed E-state index contributed by atoms with van der Waals surface area (Å²) in [6.07, 6.45) is 1.80. The Labute approximate surface area is 477 Å². The van der Waals surface area contributed by atoms with E-state index in [1.165, 1.54) is 121 Å². The van der Waals surface area contributed by atoms with E-state index in [4.69, 9.17) is 19.9 Å². The van der Waals surface area contributed by atoms with Crippen LogP contribution in [0.4, 0.5) is 0 Å². The maximum absolute atomic E-state index is 4.80. The Kier molecular flexibility index (Phi) is 15.7. The number of pyridine rings is 4. The summed E-state index contributed by atoms with van der Waals surface area (Å²) in [5.41, 5.74) is 29.9. The number of benzene rings is 9. The minimum Gasteiger partial charge on any atom is -0.253 e. The molecule has 0 aliphatic rings. The normalized spacial score (nSPS) is 11.1. The maximum Gasteiger partial charge on any atom is 0.0892 e. The van der Waals surface area contributed by atoms with Crippen LogP contribution in [0.1, 0.15) is 83.6 Å². The molecule has 0 saturated heterocycles. The van der Waals surface area contributed by atoms with E-state index in [0.29, 0.717) is 0 Å². The standard InChI is InChI=1S/4C16H15N.C11H12N2/c1-10-4-7-15-14(8-10)9-13-6-5-11(2)12(3)16(13)17-15;1-10-4-6-13-9-14-7-5-11(2)12(3)16(14)17-15(13)8-10;1-10-8-14-12(3)13-6-4-5-7-15(13)17-16(14)9-11(10)2;1-10-8-11(2)16-14(12(10)3)9-13-6-4-5-7-15(13)17-16;1-7-4-10-11(5-8(7)2)13-9(3)6-12-10/h4*4-9H,1-3H3;4-6H,1-3H3. The van der Waals surface area contributed by atoms with Crippen molar-refractivity contribution >= 4 is 98.3 Å². The van der Waals surface area contributed by atoms with E-state index >= 15 is 0 Å². The van der Waals surface area contributed by atoms with Gasteiger partial charge in [0.1, 0.15) is 0 Å². The molecule has 0 spiro atoms. The summed E-state index contributed by atoms with van der Waals surface area (Å²) in [5, 5.41) is 9.91. The van der Waals surface area contributed by atoms with Gasteiger partial charge < -0.3 is 0 Å². The van der Waals surface area contributed by atoms with Gasteiger partial charge in [0.25, 0.3) is 0 Å².